The van der Waals surface area contributed by atoms with Crippen molar-refractivity contribution in [2.45, 2.75) is 26.8 Å². The minimum Gasteiger partial charge on any atom is -0.355 e. The van der Waals surface area contributed by atoms with E-state index >= 15 is 0 Å². The third kappa shape index (κ3) is 3.62. The lowest BCUT2D eigenvalue weighted by atomic mass is 9.64. The number of hydrazone groups is 1. The van der Waals surface area contributed by atoms with Crippen molar-refractivity contribution in [2.24, 2.45) is 22.4 Å². The predicted octanol–water partition coefficient (Wildman–Crippen LogP) is 2.47. The van der Waals surface area contributed by atoms with E-state index in [-0.39, 0.29) is 11.5 Å². The Kier molecular flexibility index (Phi) is 5.23. The standard InChI is InChI=1S/C21H31N5S/c1-15(2)21-13-25-9-10-26(14-21)12-18(11-25)19(21)23-24-20(27)22-16(3)17-7-5-4-6-8-17/h4-8,15-16,18H,9-14H2,1-3H3,(H2,22,24,27)/b23-19-. The largest absolute Gasteiger partial charge is 0.355 e. The fourth-order valence-corrected chi connectivity index (χ4v) is 5.27. The van der Waals surface area contributed by atoms with E-state index in [9.17, 15) is 0 Å². The van der Waals surface area contributed by atoms with E-state index in [0.29, 0.717) is 16.9 Å². The quantitative estimate of drug-likeness (QED) is 0.616. The molecule has 4 aliphatic heterocycles. The van der Waals surface area contributed by atoms with Crippen molar-refractivity contribution in [3.63, 3.8) is 0 Å². The highest BCUT2D eigenvalue weighted by Gasteiger charge is 2.53. The molecule has 3 unspecified atom stereocenters. The molecule has 4 bridgehead atoms. The normalized spacial score (nSPS) is 34.5. The number of hydrogen-bond acceptors (Lipinski definition) is 4. The summed E-state index contributed by atoms with van der Waals surface area (Å²) in [5.74, 6) is 1.08. The van der Waals surface area contributed by atoms with Crippen LogP contribution in [-0.2, 0) is 0 Å². The van der Waals surface area contributed by atoms with Crippen molar-refractivity contribution in [1.82, 2.24) is 20.5 Å². The molecular weight excluding hydrogens is 354 g/mol. The molecule has 3 atom stereocenters. The maximum Gasteiger partial charge on any atom is 0.187 e. The Hall–Kier alpha value is -1.50. The molecular formula is C21H31N5S. The number of nitrogens with zero attached hydrogens (tertiary/aromatic N) is 3. The highest BCUT2D eigenvalue weighted by Crippen LogP contribution is 2.43. The van der Waals surface area contributed by atoms with Crippen LogP contribution in [-0.4, -0.2) is 59.9 Å². The van der Waals surface area contributed by atoms with Gasteiger partial charge in [0.15, 0.2) is 5.11 Å². The molecule has 4 saturated heterocycles. The Balaban J connectivity index is 1.48. The molecule has 6 heteroatoms. The summed E-state index contributed by atoms with van der Waals surface area (Å²) in [6.07, 6.45) is 0. The first-order chi connectivity index (χ1) is 13.0. The minimum atomic E-state index is 0.144. The number of thiocarbonyl (C=S) groups is 1. The van der Waals surface area contributed by atoms with E-state index in [1.165, 1.54) is 24.4 Å². The summed E-state index contributed by atoms with van der Waals surface area (Å²) in [5.41, 5.74) is 5.89. The molecule has 146 valence electrons. The molecule has 0 aromatic heterocycles. The lowest BCUT2D eigenvalue weighted by Crippen LogP contribution is -2.63. The second kappa shape index (κ2) is 7.49. The highest BCUT2D eigenvalue weighted by molar-refractivity contribution is 7.80. The van der Waals surface area contributed by atoms with E-state index < -0.39 is 0 Å². The van der Waals surface area contributed by atoms with Crippen molar-refractivity contribution in [1.29, 1.82) is 0 Å². The van der Waals surface area contributed by atoms with Gasteiger partial charge in [0.1, 0.15) is 0 Å². The van der Waals surface area contributed by atoms with E-state index in [4.69, 9.17) is 17.3 Å². The maximum absolute atomic E-state index is 5.54. The van der Waals surface area contributed by atoms with Gasteiger partial charge in [0, 0.05) is 50.6 Å². The Labute approximate surface area is 168 Å². The van der Waals surface area contributed by atoms with E-state index in [2.05, 4.69) is 65.6 Å². The van der Waals surface area contributed by atoms with Crippen molar-refractivity contribution in [3.05, 3.63) is 35.9 Å². The van der Waals surface area contributed by atoms with Gasteiger partial charge >= 0.3 is 0 Å². The van der Waals surface area contributed by atoms with Gasteiger partial charge in [-0.3, -0.25) is 5.43 Å². The SMILES string of the molecule is CC(NC(=S)N/N=C1/C2CN3CCN(C2)CC1(C(C)C)C3)c1ccccc1. The zero-order valence-electron chi connectivity index (χ0n) is 16.6. The van der Waals surface area contributed by atoms with Gasteiger partial charge in [-0.2, -0.15) is 5.10 Å². The van der Waals surface area contributed by atoms with E-state index in [0.717, 1.165) is 26.2 Å². The average Bonchev–Trinajstić information content (AvgIpc) is 2.90. The molecule has 0 amide bonds. The molecule has 5 rings (SSSR count). The maximum atomic E-state index is 5.54. The first-order valence-electron chi connectivity index (χ1n) is 10.1. The monoisotopic (exact) mass is 385 g/mol. The van der Waals surface area contributed by atoms with Gasteiger partial charge in [-0.05, 0) is 30.6 Å². The third-order valence-electron chi connectivity index (χ3n) is 6.63. The molecule has 4 aliphatic rings. The summed E-state index contributed by atoms with van der Waals surface area (Å²) >= 11 is 5.54. The fraction of sp³-hybridized carbons (Fsp3) is 0.619. The zero-order valence-corrected chi connectivity index (χ0v) is 17.4. The average molecular weight is 386 g/mol. The van der Waals surface area contributed by atoms with Crippen molar-refractivity contribution >= 4 is 23.0 Å². The number of nitrogens with one attached hydrogen (secondary N) is 2. The highest BCUT2D eigenvalue weighted by atomic mass is 32.1. The van der Waals surface area contributed by atoms with Crippen LogP contribution in [0.4, 0.5) is 0 Å². The van der Waals surface area contributed by atoms with Crippen LogP contribution in [0.15, 0.2) is 35.4 Å². The summed E-state index contributed by atoms with van der Waals surface area (Å²) in [4.78, 5) is 5.29. The van der Waals surface area contributed by atoms with Crippen molar-refractivity contribution < 1.29 is 0 Å². The second-order valence-electron chi connectivity index (χ2n) is 8.69. The summed E-state index contributed by atoms with van der Waals surface area (Å²) in [5, 5.41) is 8.88. The fourth-order valence-electron chi connectivity index (χ4n) is 5.05. The van der Waals surface area contributed by atoms with Crippen LogP contribution < -0.4 is 10.7 Å². The van der Waals surface area contributed by atoms with Gasteiger partial charge in [0.25, 0.3) is 0 Å². The van der Waals surface area contributed by atoms with Crippen LogP contribution in [0.5, 0.6) is 0 Å². The zero-order chi connectivity index (χ0) is 19.0. The summed E-state index contributed by atoms with van der Waals surface area (Å²) in [6.45, 7) is 13.7. The van der Waals surface area contributed by atoms with Gasteiger partial charge in [0.05, 0.1) is 11.8 Å². The molecule has 27 heavy (non-hydrogen) atoms. The van der Waals surface area contributed by atoms with Crippen LogP contribution in [0.2, 0.25) is 0 Å². The molecule has 1 aromatic rings. The van der Waals surface area contributed by atoms with Crippen LogP contribution in [0.25, 0.3) is 0 Å². The number of piperidine rings is 2. The van der Waals surface area contributed by atoms with Gasteiger partial charge < -0.3 is 15.1 Å². The molecule has 0 saturated carbocycles. The van der Waals surface area contributed by atoms with Gasteiger partial charge in [0.2, 0.25) is 0 Å². The predicted molar refractivity (Wildman–Crippen MR) is 115 cm³/mol. The summed E-state index contributed by atoms with van der Waals surface area (Å²) in [6, 6.07) is 10.5. The van der Waals surface area contributed by atoms with Gasteiger partial charge in [-0.15, -0.1) is 0 Å². The smallest absolute Gasteiger partial charge is 0.187 e. The lowest BCUT2D eigenvalue weighted by Gasteiger charge is -2.52. The van der Waals surface area contributed by atoms with Crippen LogP contribution in [0.3, 0.4) is 0 Å². The molecule has 0 aliphatic carbocycles. The van der Waals surface area contributed by atoms with Crippen LogP contribution in [0.1, 0.15) is 32.4 Å². The van der Waals surface area contributed by atoms with Crippen LogP contribution >= 0.6 is 12.2 Å². The summed E-state index contributed by atoms with van der Waals surface area (Å²) < 4.78 is 0. The van der Waals surface area contributed by atoms with E-state index in [1.807, 2.05) is 6.07 Å². The molecule has 4 fully saturated rings. The Morgan fingerprint density at radius 2 is 1.74 bits per heavy atom. The summed E-state index contributed by atoms with van der Waals surface area (Å²) in [7, 11) is 0. The second-order valence-corrected chi connectivity index (χ2v) is 9.10. The number of fused-ring (bicyclic) bond motifs is 1. The topological polar surface area (TPSA) is 42.9 Å². The number of benzene rings is 1. The molecule has 1 aromatic carbocycles. The Morgan fingerprint density at radius 1 is 1.11 bits per heavy atom. The molecule has 5 nitrogen and oxygen atoms in total. The number of hydrogen-bond donors (Lipinski definition) is 2. The van der Waals surface area contributed by atoms with Crippen molar-refractivity contribution in [3.8, 4) is 0 Å². The Morgan fingerprint density at radius 3 is 2.33 bits per heavy atom. The first-order valence-corrected chi connectivity index (χ1v) is 10.5. The van der Waals surface area contributed by atoms with Crippen molar-refractivity contribution in [2.75, 3.05) is 39.3 Å². The van der Waals surface area contributed by atoms with Crippen LogP contribution in [0, 0.1) is 17.3 Å². The molecule has 2 N–H and O–H groups in total. The molecule has 4 heterocycles. The minimum absolute atomic E-state index is 0.144. The third-order valence-corrected chi connectivity index (χ3v) is 6.84. The van der Waals surface area contributed by atoms with E-state index in [1.54, 1.807) is 0 Å². The van der Waals surface area contributed by atoms with Gasteiger partial charge in [-0.1, -0.05) is 44.2 Å². The van der Waals surface area contributed by atoms with Gasteiger partial charge in [-0.25, -0.2) is 0 Å². The lowest BCUT2D eigenvalue weighted by molar-refractivity contribution is 0.0828. The number of rotatable bonds is 4. The first kappa shape index (κ1) is 18.8. The molecule has 0 spiro atoms. The Bertz CT molecular complexity index is 701. The molecule has 0 radical (unpaired) electrons.